The summed E-state index contributed by atoms with van der Waals surface area (Å²) in [7, 11) is -9.91. The molecule has 0 aliphatic carbocycles. The normalized spacial score (nSPS) is 14.5. The average molecular weight is 1450 g/mol. The Bertz CT molecular complexity index is 1930. The zero-order chi connectivity index (χ0) is 73.0. The molecule has 588 valence electrons. The van der Waals surface area contributed by atoms with Crippen LogP contribution in [-0.2, 0) is 65.4 Å². The number of carbonyl (C=O) groups excluding carboxylic acids is 4. The largest absolute Gasteiger partial charge is 0.472 e. The van der Waals surface area contributed by atoms with Crippen LogP contribution >= 0.6 is 15.6 Å². The van der Waals surface area contributed by atoms with E-state index in [1.165, 1.54) is 218 Å². The highest BCUT2D eigenvalue weighted by Crippen LogP contribution is 2.45. The average Bonchev–Trinajstić information content (AvgIpc) is 1.07. The summed E-state index contributed by atoms with van der Waals surface area (Å²) in [6.45, 7) is 12.0. The van der Waals surface area contributed by atoms with Gasteiger partial charge in [0.2, 0.25) is 0 Å². The number of rotatable bonds is 78. The predicted octanol–water partition coefficient (Wildman–Crippen LogP) is 23.7. The SMILES string of the molecule is CCCCCCCCCCCCC(=O)O[C@H](COC(=O)CCCCCCCCC(C)C)COP(=O)(O)OC[C@H](O)COP(=O)(O)OC[C@@H](COC(=O)CCCCCCCCCCCCCCCCC(C)CC)OC(=O)CCCCCCCCCCCCCCCCCCCCC(C)CC. The van der Waals surface area contributed by atoms with Crippen LogP contribution in [0.2, 0.25) is 0 Å². The van der Waals surface area contributed by atoms with Gasteiger partial charge in [-0.3, -0.25) is 37.3 Å². The Kier molecular flexibility index (Phi) is 69.0. The molecule has 0 saturated carbocycles. The van der Waals surface area contributed by atoms with E-state index in [1.807, 2.05) is 0 Å². The maximum atomic E-state index is 13.1. The minimum Gasteiger partial charge on any atom is -0.462 e. The molecule has 19 heteroatoms. The fourth-order valence-corrected chi connectivity index (χ4v) is 13.8. The first-order valence-electron chi connectivity index (χ1n) is 41.4. The van der Waals surface area contributed by atoms with Crippen molar-refractivity contribution in [3.63, 3.8) is 0 Å². The van der Waals surface area contributed by atoms with E-state index in [-0.39, 0.29) is 25.7 Å². The molecule has 7 atom stereocenters. The van der Waals surface area contributed by atoms with E-state index < -0.39 is 97.5 Å². The first-order valence-corrected chi connectivity index (χ1v) is 44.4. The molecule has 99 heavy (non-hydrogen) atoms. The van der Waals surface area contributed by atoms with Crippen molar-refractivity contribution in [1.82, 2.24) is 0 Å². The molecule has 0 heterocycles. The molecule has 4 unspecified atom stereocenters. The van der Waals surface area contributed by atoms with Gasteiger partial charge in [0, 0.05) is 25.7 Å². The molecule has 0 bridgehead atoms. The Morgan fingerprint density at radius 1 is 0.293 bits per heavy atom. The number of hydrogen-bond acceptors (Lipinski definition) is 15. The Morgan fingerprint density at radius 2 is 0.515 bits per heavy atom. The summed E-state index contributed by atoms with van der Waals surface area (Å²) >= 11 is 0. The Morgan fingerprint density at radius 3 is 0.768 bits per heavy atom. The molecule has 0 rings (SSSR count). The summed E-state index contributed by atoms with van der Waals surface area (Å²) in [4.78, 5) is 72.8. The van der Waals surface area contributed by atoms with Crippen molar-refractivity contribution >= 4 is 39.5 Å². The quantitative estimate of drug-likeness (QED) is 0.0222. The number of phosphoric ester groups is 2. The van der Waals surface area contributed by atoms with Crippen LogP contribution in [0.15, 0.2) is 0 Å². The summed E-state index contributed by atoms with van der Waals surface area (Å²) in [6.07, 6.45) is 58.4. The molecule has 0 aliphatic heterocycles. The van der Waals surface area contributed by atoms with Gasteiger partial charge in [0.15, 0.2) is 12.2 Å². The maximum Gasteiger partial charge on any atom is 0.472 e. The van der Waals surface area contributed by atoms with E-state index in [9.17, 15) is 43.2 Å². The highest BCUT2D eigenvalue weighted by Gasteiger charge is 2.30. The van der Waals surface area contributed by atoms with Crippen LogP contribution in [0.3, 0.4) is 0 Å². The number of phosphoric acid groups is 2. The second-order valence-corrected chi connectivity index (χ2v) is 32.7. The number of carbonyl (C=O) groups is 4. The maximum absolute atomic E-state index is 13.1. The Hall–Kier alpha value is -1.94. The first-order chi connectivity index (χ1) is 47.8. The van der Waals surface area contributed by atoms with E-state index in [0.29, 0.717) is 31.6 Å². The fraction of sp³-hybridized carbons (Fsp3) is 0.950. The van der Waals surface area contributed by atoms with Gasteiger partial charge in [0.1, 0.15) is 19.3 Å². The van der Waals surface area contributed by atoms with E-state index in [1.54, 1.807) is 0 Å². The Labute approximate surface area is 607 Å². The summed E-state index contributed by atoms with van der Waals surface area (Å²) in [5.74, 6) is 0.285. The molecule has 0 fully saturated rings. The van der Waals surface area contributed by atoms with Gasteiger partial charge in [-0.25, -0.2) is 9.13 Å². The van der Waals surface area contributed by atoms with E-state index in [0.717, 1.165) is 108 Å². The van der Waals surface area contributed by atoms with Gasteiger partial charge in [0.25, 0.3) is 0 Å². The van der Waals surface area contributed by atoms with Gasteiger partial charge >= 0.3 is 39.5 Å². The fourth-order valence-electron chi connectivity index (χ4n) is 12.2. The lowest BCUT2D eigenvalue weighted by atomic mass is 9.99. The molecule has 0 radical (unpaired) electrons. The Balaban J connectivity index is 5.18. The molecule has 0 amide bonds. The van der Waals surface area contributed by atoms with Crippen molar-refractivity contribution in [2.75, 3.05) is 39.6 Å². The third-order valence-electron chi connectivity index (χ3n) is 19.4. The number of aliphatic hydroxyl groups excluding tert-OH is 1. The molecule has 0 aromatic carbocycles. The van der Waals surface area contributed by atoms with Gasteiger partial charge in [0.05, 0.1) is 26.4 Å². The minimum atomic E-state index is -4.96. The van der Waals surface area contributed by atoms with Gasteiger partial charge in [-0.05, 0) is 43.4 Å². The highest BCUT2D eigenvalue weighted by atomic mass is 31.2. The number of ether oxygens (including phenoxy) is 4. The van der Waals surface area contributed by atoms with Gasteiger partial charge in [-0.15, -0.1) is 0 Å². The van der Waals surface area contributed by atoms with Crippen molar-refractivity contribution < 1.29 is 80.2 Å². The lowest BCUT2D eigenvalue weighted by molar-refractivity contribution is -0.161. The van der Waals surface area contributed by atoms with Crippen molar-refractivity contribution in [1.29, 1.82) is 0 Å². The second-order valence-electron chi connectivity index (χ2n) is 29.8. The van der Waals surface area contributed by atoms with Crippen molar-refractivity contribution in [2.24, 2.45) is 17.8 Å². The summed E-state index contributed by atoms with van der Waals surface area (Å²) in [5, 5.41) is 10.6. The van der Waals surface area contributed by atoms with Crippen molar-refractivity contribution in [2.45, 2.75) is 433 Å². The van der Waals surface area contributed by atoms with Crippen LogP contribution in [0.5, 0.6) is 0 Å². The summed E-state index contributed by atoms with van der Waals surface area (Å²) in [6, 6.07) is 0. The lowest BCUT2D eigenvalue weighted by Gasteiger charge is -2.21. The minimum absolute atomic E-state index is 0.105. The van der Waals surface area contributed by atoms with Gasteiger partial charge in [-0.1, -0.05) is 363 Å². The van der Waals surface area contributed by atoms with Crippen LogP contribution in [0.4, 0.5) is 0 Å². The van der Waals surface area contributed by atoms with Gasteiger partial charge in [-0.2, -0.15) is 0 Å². The standard InChI is InChI=1S/C80H156O17P2/c1-8-11-12-13-14-15-34-40-49-56-63-79(84)97-76(68-91-78(83)62-55-48-43-42-44-51-58-71(4)5)70-95-99(88,89)93-66-74(81)65-92-98(86,87)94-69-75(67-90-77(82)61-54-47-39-35-30-26-23-22-25-29-33-38-46-53-60-73(7)10-3)96-80(85)64-57-50-41-36-31-27-21-19-17-16-18-20-24-28-32-37-45-52-59-72(6)9-2/h71-76,81H,8-70H2,1-7H3,(H,86,87)(H,88,89)/t72?,73?,74-,75-,76-/m1/s1. The highest BCUT2D eigenvalue weighted by molar-refractivity contribution is 7.47. The molecule has 0 saturated heterocycles. The number of unbranched alkanes of at least 4 members (excludes halogenated alkanes) is 44. The third-order valence-corrected chi connectivity index (χ3v) is 21.3. The van der Waals surface area contributed by atoms with Crippen molar-refractivity contribution in [3.8, 4) is 0 Å². The van der Waals surface area contributed by atoms with E-state index >= 15 is 0 Å². The monoisotopic (exact) mass is 1450 g/mol. The topological polar surface area (TPSA) is 237 Å². The molecule has 0 aliphatic rings. The summed E-state index contributed by atoms with van der Waals surface area (Å²) in [5.41, 5.74) is 0. The molecular weight excluding hydrogens is 1290 g/mol. The molecular formula is C80H156O17P2. The zero-order valence-corrected chi connectivity index (χ0v) is 66.8. The lowest BCUT2D eigenvalue weighted by Crippen LogP contribution is -2.30. The van der Waals surface area contributed by atoms with Crippen LogP contribution < -0.4 is 0 Å². The van der Waals surface area contributed by atoms with Crippen LogP contribution in [-0.4, -0.2) is 96.7 Å². The first kappa shape index (κ1) is 97.1. The third kappa shape index (κ3) is 71.5. The number of aliphatic hydroxyl groups is 1. The zero-order valence-electron chi connectivity index (χ0n) is 65.0. The smallest absolute Gasteiger partial charge is 0.462 e. The van der Waals surface area contributed by atoms with E-state index in [4.69, 9.17) is 37.0 Å². The van der Waals surface area contributed by atoms with Crippen molar-refractivity contribution in [3.05, 3.63) is 0 Å². The van der Waals surface area contributed by atoms with Crippen LogP contribution in [0.1, 0.15) is 414 Å². The van der Waals surface area contributed by atoms with Crippen LogP contribution in [0.25, 0.3) is 0 Å². The molecule has 0 aromatic rings. The molecule has 17 nitrogen and oxygen atoms in total. The summed E-state index contributed by atoms with van der Waals surface area (Å²) < 4.78 is 68.6. The molecule has 3 N–H and O–H groups in total. The second kappa shape index (κ2) is 70.4. The predicted molar refractivity (Wildman–Crippen MR) is 405 cm³/mol. The van der Waals surface area contributed by atoms with Crippen LogP contribution in [0, 0.1) is 17.8 Å². The van der Waals surface area contributed by atoms with E-state index in [2.05, 4.69) is 48.5 Å². The number of esters is 4. The molecule has 0 spiro atoms. The molecule has 0 aromatic heterocycles. The van der Waals surface area contributed by atoms with Gasteiger partial charge < -0.3 is 33.8 Å². The number of hydrogen-bond donors (Lipinski definition) is 3.